The minimum Gasteiger partial charge on any atom is -0.507 e. The number of carbonyl (C=O) groups excluding carboxylic acids is 2. The number of aromatic nitrogens is 1. The normalized spacial score (nSPS) is 17.8. The average molecular weight is 479 g/mol. The van der Waals surface area contributed by atoms with Gasteiger partial charge in [0.2, 0.25) is 0 Å². The zero-order valence-electron chi connectivity index (χ0n) is 16.9. The molecule has 0 aliphatic carbocycles. The third-order valence-electron chi connectivity index (χ3n) is 5.24. The molecule has 156 valence electrons. The largest absolute Gasteiger partial charge is 0.507 e. The maximum absolute atomic E-state index is 13.1. The van der Waals surface area contributed by atoms with Crippen molar-refractivity contribution in [2.75, 3.05) is 12.0 Å². The lowest BCUT2D eigenvalue weighted by Crippen LogP contribution is -2.30. The van der Waals surface area contributed by atoms with Crippen LogP contribution in [0.2, 0.25) is 0 Å². The van der Waals surface area contributed by atoms with Gasteiger partial charge in [0.05, 0.1) is 23.2 Å². The Morgan fingerprint density at radius 3 is 2.55 bits per heavy atom. The van der Waals surface area contributed by atoms with Gasteiger partial charge in [-0.25, -0.2) is 0 Å². The summed E-state index contributed by atoms with van der Waals surface area (Å²) in [5, 5.41) is 11.2. The summed E-state index contributed by atoms with van der Waals surface area (Å²) in [6.07, 6.45) is 3.21. The van der Waals surface area contributed by atoms with Crippen LogP contribution in [-0.2, 0) is 9.59 Å². The summed E-state index contributed by atoms with van der Waals surface area (Å²) in [6.45, 7) is 1.87. The summed E-state index contributed by atoms with van der Waals surface area (Å²) in [7, 11) is 1.54. The number of hydrogen-bond donors (Lipinski definition) is 1. The summed E-state index contributed by atoms with van der Waals surface area (Å²) in [5.41, 5.74) is 2.47. The van der Waals surface area contributed by atoms with E-state index >= 15 is 0 Å². The van der Waals surface area contributed by atoms with Gasteiger partial charge in [-0.2, -0.15) is 0 Å². The summed E-state index contributed by atoms with van der Waals surface area (Å²) >= 11 is 3.40. The lowest BCUT2D eigenvalue weighted by Gasteiger charge is -2.26. The lowest BCUT2D eigenvalue weighted by atomic mass is 9.96. The van der Waals surface area contributed by atoms with E-state index in [0.29, 0.717) is 27.0 Å². The molecule has 1 atom stereocenters. The minimum absolute atomic E-state index is 0.0123. The van der Waals surface area contributed by atoms with Gasteiger partial charge in [0.25, 0.3) is 11.7 Å². The van der Waals surface area contributed by atoms with Crippen LogP contribution >= 0.6 is 15.9 Å². The standard InChI is InChI=1S/C24H19BrN2O4/c1-14-6-3-4-8-18(14)27-21(16-7-5-11-26-13-16)20(23(29)24(27)30)22(28)15-9-10-19(31-2)17(25)12-15/h3-13,21,28H,1-2H3/b22-20-. The maximum Gasteiger partial charge on any atom is 0.300 e. The summed E-state index contributed by atoms with van der Waals surface area (Å²) in [6, 6.07) is 15.0. The maximum atomic E-state index is 13.1. The molecule has 1 N–H and O–H groups in total. The first-order chi connectivity index (χ1) is 14.9. The Kier molecular flexibility index (Phi) is 5.61. The van der Waals surface area contributed by atoms with E-state index in [1.165, 1.54) is 12.0 Å². The van der Waals surface area contributed by atoms with Gasteiger partial charge in [0.15, 0.2) is 0 Å². The Morgan fingerprint density at radius 2 is 1.90 bits per heavy atom. The van der Waals surface area contributed by atoms with Crippen LogP contribution in [0.5, 0.6) is 5.75 Å². The third kappa shape index (κ3) is 3.61. The highest BCUT2D eigenvalue weighted by molar-refractivity contribution is 9.10. The van der Waals surface area contributed by atoms with Gasteiger partial charge >= 0.3 is 0 Å². The molecule has 1 amide bonds. The molecule has 0 saturated carbocycles. The van der Waals surface area contributed by atoms with Crippen molar-refractivity contribution < 1.29 is 19.4 Å². The van der Waals surface area contributed by atoms with Crippen molar-refractivity contribution in [2.24, 2.45) is 0 Å². The van der Waals surface area contributed by atoms with Crippen molar-refractivity contribution in [3.05, 3.63) is 93.7 Å². The van der Waals surface area contributed by atoms with Crippen molar-refractivity contribution in [3.8, 4) is 5.75 Å². The van der Waals surface area contributed by atoms with Crippen LogP contribution in [0.25, 0.3) is 5.76 Å². The highest BCUT2D eigenvalue weighted by atomic mass is 79.9. The topological polar surface area (TPSA) is 79.7 Å². The number of ether oxygens (including phenoxy) is 1. The van der Waals surface area contributed by atoms with Gasteiger partial charge in [-0.3, -0.25) is 19.5 Å². The van der Waals surface area contributed by atoms with Gasteiger partial charge in [0.1, 0.15) is 11.5 Å². The van der Waals surface area contributed by atoms with E-state index in [1.54, 1.807) is 48.8 Å². The van der Waals surface area contributed by atoms with Crippen molar-refractivity contribution in [1.82, 2.24) is 4.98 Å². The van der Waals surface area contributed by atoms with Gasteiger partial charge in [-0.1, -0.05) is 24.3 Å². The molecular weight excluding hydrogens is 460 g/mol. The molecule has 1 aliphatic rings. The first-order valence-corrected chi connectivity index (χ1v) is 10.3. The van der Waals surface area contributed by atoms with Gasteiger partial charge in [-0.15, -0.1) is 0 Å². The Bertz CT molecular complexity index is 1210. The van der Waals surface area contributed by atoms with E-state index in [9.17, 15) is 14.7 Å². The summed E-state index contributed by atoms with van der Waals surface area (Å²) in [4.78, 5) is 31.9. The fourth-order valence-electron chi connectivity index (χ4n) is 3.74. The molecule has 1 saturated heterocycles. The highest BCUT2D eigenvalue weighted by Crippen LogP contribution is 2.43. The van der Waals surface area contributed by atoms with Crippen LogP contribution in [0.1, 0.15) is 22.7 Å². The van der Waals surface area contributed by atoms with E-state index in [0.717, 1.165) is 5.56 Å². The number of Topliss-reactive ketones (excluding diaryl/α,β-unsaturated/α-hetero) is 1. The smallest absolute Gasteiger partial charge is 0.300 e. The molecule has 1 unspecified atom stereocenters. The number of aliphatic hydroxyl groups excluding tert-OH is 1. The van der Waals surface area contributed by atoms with E-state index < -0.39 is 17.7 Å². The van der Waals surface area contributed by atoms with Crippen LogP contribution in [0.15, 0.2) is 77.0 Å². The summed E-state index contributed by atoms with van der Waals surface area (Å²) in [5.74, 6) is -1.12. The molecule has 0 spiro atoms. The Labute approximate surface area is 187 Å². The number of pyridine rings is 1. The fraction of sp³-hybridized carbons (Fsp3) is 0.125. The first-order valence-electron chi connectivity index (χ1n) is 9.54. The number of benzene rings is 2. The van der Waals surface area contributed by atoms with Crippen LogP contribution in [0, 0.1) is 6.92 Å². The van der Waals surface area contributed by atoms with Crippen LogP contribution in [0.3, 0.4) is 0 Å². The van der Waals surface area contributed by atoms with Crippen molar-refractivity contribution in [2.45, 2.75) is 13.0 Å². The molecule has 1 aromatic heterocycles. The zero-order valence-corrected chi connectivity index (χ0v) is 18.5. The highest BCUT2D eigenvalue weighted by Gasteiger charge is 2.47. The van der Waals surface area contributed by atoms with E-state index in [4.69, 9.17) is 4.74 Å². The van der Waals surface area contributed by atoms with Gasteiger partial charge in [-0.05, 0) is 64.3 Å². The minimum atomic E-state index is -0.810. The Balaban J connectivity index is 1.95. The van der Waals surface area contributed by atoms with Crippen molar-refractivity contribution in [3.63, 3.8) is 0 Å². The SMILES string of the molecule is COc1ccc(/C(O)=C2/C(=O)C(=O)N(c3ccccc3C)C2c2cccnc2)cc1Br. The number of methoxy groups -OCH3 is 1. The fourth-order valence-corrected chi connectivity index (χ4v) is 4.28. The second kappa shape index (κ2) is 8.35. The number of anilines is 1. The molecule has 3 aromatic rings. The molecule has 0 bridgehead atoms. The molecule has 0 radical (unpaired) electrons. The van der Waals surface area contributed by atoms with Gasteiger partial charge < -0.3 is 9.84 Å². The van der Waals surface area contributed by atoms with Crippen molar-refractivity contribution in [1.29, 1.82) is 0 Å². The van der Waals surface area contributed by atoms with E-state index in [1.807, 2.05) is 25.1 Å². The van der Waals surface area contributed by atoms with Crippen LogP contribution < -0.4 is 9.64 Å². The molecule has 4 rings (SSSR count). The van der Waals surface area contributed by atoms with E-state index in [-0.39, 0.29) is 11.3 Å². The summed E-state index contributed by atoms with van der Waals surface area (Å²) < 4.78 is 5.86. The van der Waals surface area contributed by atoms with Crippen LogP contribution in [0.4, 0.5) is 5.69 Å². The average Bonchev–Trinajstić information content (AvgIpc) is 3.04. The number of rotatable bonds is 4. The molecular formula is C24H19BrN2O4. The number of aryl methyl sites for hydroxylation is 1. The Morgan fingerprint density at radius 1 is 1.13 bits per heavy atom. The molecule has 7 heteroatoms. The number of nitrogens with zero attached hydrogens (tertiary/aromatic N) is 2. The van der Waals surface area contributed by atoms with Gasteiger partial charge in [0, 0.05) is 23.6 Å². The van der Waals surface area contributed by atoms with Crippen molar-refractivity contribution >= 4 is 39.1 Å². The lowest BCUT2D eigenvalue weighted by molar-refractivity contribution is -0.132. The predicted octanol–water partition coefficient (Wildman–Crippen LogP) is 4.79. The Hall–Kier alpha value is -3.45. The third-order valence-corrected chi connectivity index (χ3v) is 5.86. The molecule has 2 heterocycles. The molecule has 1 aliphatic heterocycles. The molecule has 31 heavy (non-hydrogen) atoms. The first kappa shape index (κ1) is 20.8. The quantitative estimate of drug-likeness (QED) is 0.331. The number of carbonyl (C=O) groups is 2. The number of amides is 1. The number of hydrogen-bond acceptors (Lipinski definition) is 5. The van der Waals surface area contributed by atoms with E-state index in [2.05, 4.69) is 20.9 Å². The molecule has 1 fully saturated rings. The number of para-hydroxylation sites is 1. The monoisotopic (exact) mass is 478 g/mol. The predicted molar refractivity (Wildman–Crippen MR) is 121 cm³/mol. The molecule has 2 aromatic carbocycles. The van der Waals surface area contributed by atoms with Crippen LogP contribution in [-0.4, -0.2) is 28.9 Å². The number of ketones is 1. The number of halogens is 1. The second-order valence-corrected chi connectivity index (χ2v) is 7.95. The zero-order chi connectivity index (χ0) is 22.1. The second-order valence-electron chi connectivity index (χ2n) is 7.09. The number of aliphatic hydroxyl groups is 1. The molecule has 6 nitrogen and oxygen atoms in total.